The summed E-state index contributed by atoms with van der Waals surface area (Å²) in [4.78, 5) is 14.0. The van der Waals surface area contributed by atoms with E-state index in [9.17, 15) is 26.7 Å². The van der Waals surface area contributed by atoms with Crippen LogP contribution in [0.4, 0.5) is 22.0 Å². The third-order valence-corrected chi connectivity index (χ3v) is 2.41. The number of halogens is 5. The van der Waals surface area contributed by atoms with Crippen molar-refractivity contribution in [2.75, 3.05) is 0 Å². The second-order valence-corrected chi connectivity index (χ2v) is 3.68. The normalized spacial score (nSPS) is 10.9. The van der Waals surface area contributed by atoms with E-state index in [1.165, 1.54) is 0 Å². The number of aromatic carboxylic acids is 1. The number of benzene rings is 1. The molecule has 0 unspecified atom stereocenters. The highest BCUT2D eigenvalue weighted by molar-refractivity contribution is 5.86. The quantitative estimate of drug-likeness (QED) is 0.525. The Labute approximate surface area is 107 Å². The zero-order valence-corrected chi connectivity index (χ0v) is 9.60. The zero-order chi connectivity index (χ0) is 15.2. The molecule has 9 heteroatoms. The fraction of sp³-hybridized carbons (Fsp3) is 0.0909. The van der Waals surface area contributed by atoms with Crippen molar-refractivity contribution >= 4 is 5.97 Å². The Hall–Kier alpha value is -2.45. The predicted octanol–water partition coefficient (Wildman–Crippen LogP) is 3.04. The Bertz CT molecular complexity index is 696. The van der Waals surface area contributed by atoms with Crippen molar-refractivity contribution in [3.05, 3.63) is 40.5 Å². The number of hydrogen-bond acceptors (Lipinski definition) is 3. The lowest BCUT2D eigenvalue weighted by molar-refractivity contribution is 0.0662. The molecule has 0 bridgehead atoms. The lowest BCUT2D eigenvalue weighted by Crippen LogP contribution is -2.04. The minimum absolute atomic E-state index is 0.267. The summed E-state index contributed by atoms with van der Waals surface area (Å²) in [5, 5.41) is 8.69. The van der Waals surface area contributed by atoms with Crippen molar-refractivity contribution in [3.8, 4) is 11.5 Å². The van der Waals surface area contributed by atoms with E-state index in [0.29, 0.717) is 0 Å². The molecule has 2 rings (SSSR count). The summed E-state index contributed by atoms with van der Waals surface area (Å²) in [6.45, 7) is 1.14. The molecule has 1 aromatic heterocycles. The molecule has 20 heavy (non-hydrogen) atoms. The highest BCUT2D eigenvalue weighted by Gasteiger charge is 2.30. The molecule has 1 N–H and O–H groups in total. The van der Waals surface area contributed by atoms with Crippen LogP contribution >= 0.6 is 0 Å². The van der Waals surface area contributed by atoms with Gasteiger partial charge in [-0.1, -0.05) is 0 Å². The number of aryl methyl sites for hydroxylation is 1. The van der Waals surface area contributed by atoms with Gasteiger partial charge in [-0.05, 0) is 6.92 Å². The van der Waals surface area contributed by atoms with Gasteiger partial charge in [0.1, 0.15) is 5.56 Å². The fourth-order valence-corrected chi connectivity index (χ4v) is 1.49. The van der Waals surface area contributed by atoms with Gasteiger partial charge in [0.05, 0.1) is 5.69 Å². The van der Waals surface area contributed by atoms with Gasteiger partial charge in [0, 0.05) is 0 Å². The van der Waals surface area contributed by atoms with Crippen molar-refractivity contribution in [1.82, 2.24) is 4.98 Å². The van der Waals surface area contributed by atoms with Crippen LogP contribution in [0.25, 0.3) is 11.5 Å². The summed E-state index contributed by atoms with van der Waals surface area (Å²) < 4.78 is 70.3. The number of carbonyl (C=O) groups is 1. The molecular formula is C11H4F5NO3. The average molecular weight is 293 g/mol. The van der Waals surface area contributed by atoms with Crippen LogP contribution in [0.2, 0.25) is 0 Å². The summed E-state index contributed by atoms with van der Waals surface area (Å²) in [5.41, 5.74) is -1.69. The van der Waals surface area contributed by atoms with E-state index in [1.54, 1.807) is 0 Å². The van der Waals surface area contributed by atoms with E-state index in [-0.39, 0.29) is 5.69 Å². The van der Waals surface area contributed by atoms with Crippen molar-refractivity contribution in [2.24, 2.45) is 0 Å². The summed E-state index contributed by atoms with van der Waals surface area (Å²) in [7, 11) is 0. The average Bonchev–Trinajstić information content (AvgIpc) is 2.76. The highest BCUT2D eigenvalue weighted by Crippen LogP contribution is 2.31. The largest absolute Gasteiger partial charge is 0.475 e. The maximum Gasteiger partial charge on any atom is 0.373 e. The molecule has 1 aromatic carbocycles. The van der Waals surface area contributed by atoms with Crippen LogP contribution in [0.3, 0.4) is 0 Å². The molecule has 0 fully saturated rings. The topological polar surface area (TPSA) is 63.3 Å². The van der Waals surface area contributed by atoms with Crippen LogP contribution in [0.5, 0.6) is 0 Å². The minimum atomic E-state index is -2.33. The Morgan fingerprint density at radius 3 is 1.85 bits per heavy atom. The second kappa shape index (κ2) is 4.58. The van der Waals surface area contributed by atoms with Crippen LogP contribution in [-0.2, 0) is 0 Å². The van der Waals surface area contributed by atoms with E-state index in [0.717, 1.165) is 6.92 Å². The Morgan fingerprint density at radius 2 is 1.45 bits per heavy atom. The predicted molar refractivity (Wildman–Crippen MR) is 53.4 cm³/mol. The molecule has 106 valence electrons. The molecule has 0 spiro atoms. The highest BCUT2D eigenvalue weighted by atomic mass is 19.2. The molecule has 4 nitrogen and oxygen atoms in total. The van der Waals surface area contributed by atoms with E-state index in [1.807, 2.05) is 0 Å². The maximum atomic E-state index is 13.5. The molecule has 0 radical (unpaired) electrons. The summed E-state index contributed by atoms with van der Waals surface area (Å²) >= 11 is 0. The van der Waals surface area contributed by atoms with Gasteiger partial charge in [-0.2, -0.15) is 0 Å². The van der Waals surface area contributed by atoms with Gasteiger partial charge < -0.3 is 9.52 Å². The minimum Gasteiger partial charge on any atom is -0.475 e. The number of nitrogens with zero attached hydrogens (tertiary/aromatic N) is 1. The number of carboxylic acid groups (broad SMARTS) is 1. The van der Waals surface area contributed by atoms with Gasteiger partial charge in [-0.15, -0.1) is 0 Å². The van der Waals surface area contributed by atoms with Crippen LogP contribution in [-0.4, -0.2) is 16.1 Å². The van der Waals surface area contributed by atoms with Gasteiger partial charge in [-0.3, -0.25) is 0 Å². The van der Waals surface area contributed by atoms with Gasteiger partial charge in [-0.25, -0.2) is 31.7 Å². The molecule has 0 amide bonds. The maximum absolute atomic E-state index is 13.5. The number of carboxylic acids is 1. The lowest BCUT2D eigenvalue weighted by atomic mass is 10.1. The third kappa shape index (κ3) is 1.91. The van der Waals surface area contributed by atoms with Crippen LogP contribution in [0.15, 0.2) is 4.42 Å². The van der Waals surface area contributed by atoms with Crippen LogP contribution < -0.4 is 0 Å². The first-order valence-electron chi connectivity index (χ1n) is 4.98. The van der Waals surface area contributed by atoms with Crippen molar-refractivity contribution < 1.29 is 36.3 Å². The Morgan fingerprint density at radius 1 is 1.00 bits per heavy atom. The molecule has 0 aliphatic heterocycles. The van der Waals surface area contributed by atoms with E-state index in [2.05, 4.69) is 9.40 Å². The summed E-state index contributed by atoms with van der Waals surface area (Å²) in [6.07, 6.45) is 0. The van der Waals surface area contributed by atoms with E-state index < -0.39 is 52.3 Å². The number of aromatic nitrogens is 1. The lowest BCUT2D eigenvalue weighted by Gasteiger charge is -2.04. The standard InChI is InChI=1S/C11H4F5NO3/c1-2-9(11(18)19)20-10(17-2)3-4(12)6(14)8(16)7(15)5(3)13/h1H3,(H,18,19). The number of oxazole rings is 1. The number of hydrogen-bond donors (Lipinski definition) is 1. The summed E-state index contributed by atoms with van der Waals surface area (Å²) in [6, 6.07) is 0. The van der Waals surface area contributed by atoms with Crippen molar-refractivity contribution in [1.29, 1.82) is 0 Å². The molecule has 1 heterocycles. The Balaban J connectivity index is 2.77. The Kier molecular flexibility index (Phi) is 3.20. The molecule has 0 atom stereocenters. The smallest absolute Gasteiger partial charge is 0.373 e. The second-order valence-electron chi connectivity index (χ2n) is 3.68. The van der Waals surface area contributed by atoms with Crippen molar-refractivity contribution in [3.63, 3.8) is 0 Å². The molecule has 2 aromatic rings. The van der Waals surface area contributed by atoms with Crippen LogP contribution in [0.1, 0.15) is 16.2 Å². The SMILES string of the molecule is Cc1nc(-c2c(F)c(F)c(F)c(F)c2F)oc1C(=O)O. The van der Waals surface area contributed by atoms with Gasteiger partial charge in [0.2, 0.25) is 17.5 Å². The fourth-order valence-electron chi connectivity index (χ4n) is 1.49. The van der Waals surface area contributed by atoms with Crippen LogP contribution in [0, 0.1) is 36.0 Å². The van der Waals surface area contributed by atoms with Gasteiger partial charge >= 0.3 is 5.97 Å². The first kappa shape index (κ1) is 14.0. The van der Waals surface area contributed by atoms with Crippen molar-refractivity contribution in [2.45, 2.75) is 6.92 Å². The van der Waals surface area contributed by atoms with E-state index in [4.69, 9.17) is 5.11 Å². The monoisotopic (exact) mass is 293 g/mol. The molecule has 0 saturated heterocycles. The first-order valence-corrected chi connectivity index (χ1v) is 4.98. The van der Waals surface area contributed by atoms with E-state index >= 15 is 0 Å². The number of rotatable bonds is 2. The molecule has 0 aliphatic carbocycles. The summed E-state index contributed by atoms with van der Waals surface area (Å²) in [5.74, 6) is -14.3. The zero-order valence-electron chi connectivity index (χ0n) is 9.60. The third-order valence-electron chi connectivity index (χ3n) is 2.41. The first-order chi connectivity index (χ1) is 9.25. The molecular weight excluding hydrogens is 289 g/mol. The van der Waals surface area contributed by atoms with Gasteiger partial charge in [0.25, 0.3) is 0 Å². The van der Waals surface area contributed by atoms with Gasteiger partial charge in [0.15, 0.2) is 23.3 Å². The molecule has 0 aliphatic rings. The molecule has 0 saturated carbocycles.